The van der Waals surface area contributed by atoms with Gasteiger partial charge in [-0.1, -0.05) is 0 Å². The number of hydrogen-bond donors (Lipinski definition) is 2. The van der Waals surface area contributed by atoms with Crippen LogP contribution in [0.2, 0.25) is 0 Å². The molecule has 0 aliphatic carbocycles. The van der Waals surface area contributed by atoms with Gasteiger partial charge in [-0.15, -0.1) is 0 Å². The molecule has 0 bridgehead atoms. The summed E-state index contributed by atoms with van der Waals surface area (Å²) in [6.45, 7) is 3.52. The van der Waals surface area contributed by atoms with Crippen molar-refractivity contribution >= 4 is 33.2 Å². The number of benzene rings is 1. The van der Waals surface area contributed by atoms with Crippen LogP contribution in [0.4, 0.5) is 10.2 Å². The number of nitrogens with one attached hydrogen (secondary N) is 2. The molecule has 2 unspecified atom stereocenters. The first kappa shape index (κ1) is 17.7. The summed E-state index contributed by atoms with van der Waals surface area (Å²) >= 11 is 0. The van der Waals surface area contributed by atoms with Gasteiger partial charge in [-0.25, -0.2) is 9.37 Å². The summed E-state index contributed by atoms with van der Waals surface area (Å²) in [5.74, 6) is 0.421. The Balaban J connectivity index is 2.00. The molecule has 27 heavy (non-hydrogen) atoms. The van der Waals surface area contributed by atoms with Crippen LogP contribution in [0.5, 0.6) is 0 Å². The number of H-pyrrole nitrogens is 1. The Morgan fingerprint density at radius 1 is 1.33 bits per heavy atom. The Morgan fingerprint density at radius 3 is 2.81 bits per heavy atom. The molecule has 4 rings (SSSR count). The van der Waals surface area contributed by atoms with E-state index in [1.165, 1.54) is 0 Å². The van der Waals surface area contributed by atoms with Crippen molar-refractivity contribution in [3.63, 3.8) is 0 Å². The third kappa shape index (κ3) is 2.71. The maximum atomic E-state index is 15.3. The molecule has 0 aliphatic rings. The molecule has 3 heterocycles. The van der Waals surface area contributed by atoms with Crippen molar-refractivity contribution in [2.24, 2.45) is 0 Å². The lowest BCUT2D eigenvalue weighted by molar-refractivity contribution is 0.601. The van der Waals surface area contributed by atoms with Crippen LogP contribution in [0.15, 0.2) is 30.7 Å². The summed E-state index contributed by atoms with van der Waals surface area (Å²) in [5, 5.41) is 10.4. The lowest BCUT2D eigenvalue weighted by Crippen LogP contribution is -2.07. The Hall–Kier alpha value is -2.74. The van der Waals surface area contributed by atoms with Crippen molar-refractivity contribution in [1.29, 1.82) is 0 Å². The summed E-state index contributed by atoms with van der Waals surface area (Å²) in [5.41, 5.74) is 3.97. The molecule has 0 amide bonds. The second-order valence-corrected chi connectivity index (χ2v) is 8.29. The first-order valence-electron chi connectivity index (χ1n) is 8.56. The Bertz CT molecular complexity index is 1200. The molecule has 3 aromatic heterocycles. The van der Waals surface area contributed by atoms with E-state index >= 15 is 4.39 Å². The molecule has 0 saturated carbocycles. The number of pyridine rings is 1. The number of imidazole rings is 1. The predicted octanol–water partition coefficient (Wildman–Crippen LogP) is 3.81. The Labute approximate surface area is 158 Å². The molecule has 140 valence electrons. The summed E-state index contributed by atoms with van der Waals surface area (Å²) in [6.07, 6.45) is 7.09. The van der Waals surface area contributed by atoms with E-state index in [0.717, 1.165) is 28.0 Å². The monoisotopic (exact) mass is 385 g/mol. The number of fused-ring (bicyclic) bond motifs is 2. The first-order chi connectivity index (χ1) is 12.9. The molecule has 0 fully saturated rings. The van der Waals surface area contributed by atoms with Crippen LogP contribution in [0, 0.1) is 12.7 Å². The minimum atomic E-state index is -1.20. The molecule has 8 heteroatoms. The maximum Gasteiger partial charge on any atom is 0.145 e. The van der Waals surface area contributed by atoms with Gasteiger partial charge < -0.3 is 9.72 Å². The van der Waals surface area contributed by atoms with Gasteiger partial charge in [0.15, 0.2) is 0 Å². The van der Waals surface area contributed by atoms with Crippen LogP contribution >= 0.6 is 0 Å². The van der Waals surface area contributed by atoms with Crippen molar-refractivity contribution in [2.75, 3.05) is 18.6 Å². The van der Waals surface area contributed by atoms with Crippen LogP contribution in [0.25, 0.3) is 27.7 Å². The highest BCUT2D eigenvalue weighted by molar-refractivity contribution is 7.84. The van der Waals surface area contributed by atoms with Crippen LogP contribution < -0.4 is 5.32 Å². The minimum Gasteiger partial charge on any atom is -0.372 e. The van der Waals surface area contributed by atoms with Crippen molar-refractivity contribution < 1.29 is 8.60 Å². The van der Waals surface area contributed by atoms with Crippen LogP contribution in [-0.4, -0.2) is 37.1 Å². The number of anilines is 1. The molecule has 2 N–H and O–H groups in total. The largest absolute Gasteiger partial charge is 0.372 e. The first-order valence-corrected chi connectivity index (χ1v) is 10.2. The zero-order valence-electron chi connectivity index (χ0n) is 15.5. The van der Waals surface area contributed by atoms with Gasteiger partial charge in [0, 0.05) is 41.2 Å². The number of nitrogens with zero attached hydrogens (tertiary/aromatic N) is 3. The lowest BCUT2D eigenvalue weighted by Gasteiger charge is -2.17. The molecular formula is C19H20FN5OS. The quantitative estimate of drug-likeness (QED) is 0.560. The second-order valence-electron chi connectivity index (χ2n) is 6.59. The van der Waals surface area contributed by atoms with Crippen LogP contribution in [0.1, 0.15) is 23.3 Å². The van der Waals surface area contributed by atoms with Gasteiger partial charge in [0.1, 0.15) is 17.3 Å². The summed E-state index contributed by atoms with van der Waals surface area (Å²) in [6, 6.07) is 3.83. The van der Waals surface area contributed by atoms with E-state index in [4.69, 9.17) is 0 Å². The third-order valence-electron chi connectivity index (χ3n) is 5.02. The number of aromatic nitrogens is 4. The van der Waals surface area contributed by atoms with E-state index < -0.39 is 16.0 Å². The van der Waals surface area contributed by atoms with Gasteiger partial charge in [0.25, 0.3) is 0 Å². The van der Waals surface area contributed by atoms with Crippen LogP contribution in [0.3, 0.4) is 0 Å². The average Bonchev–Trinajstić information content (AvgIpc) is 3.28. The van der Waals surface area contributed by atoms with Crippen molar-refractivity contribution in [1.82, 2.24) is 19.6 Å². The standard InChI is InChI=1S/C19H20FN5OS/c1-10-16(12-5-6-15-23-14(21-3)9-25(15)8-12)13-7-22-24-19(13)17(18(10)20)11(2)27(4)26/h5-9,11,21H,1-4H3,(H,22,24). The SMILES string of the molecule is CNc1cn2cc(-c3c(C)c(F)c(C(C)S(C)=O)c4[nH]ncc34)ccc2n1. The van der Waals surface area contributed by atoms with E-state index in [-0.39, 0.29) is 5.82 Å². The van der Waals surface area contributed by atoms with E-state index in [2.05, 4.69) is 20.5 Å². The topological polar surface area (TPSA) is 75.1 Å². The lowest BCUT2D eigenvalue weighted by atomic mass is 9.93. The summed E-state index contributed by atoms with van der Waals surface area (Å²) in [4.78, 5) is 4.44. The molecule has 0 saturated heterocycles. The van der Waals surface area contributed by atoms with Gasteiger partial charge in [-0.05, 0) is 42.7 Å². The number of rotatable bonds is 4. The highest BCUT2D eigenvalue weighted by Crippen LogP contribution is 2.39. The molecule has 0 spiro atoms. The highest BCUT2D eigenvalue weighted by atomic mass is 32.2. The average molecular weight is 385 g/mol. The molecule has 1 aromatic carbocycles. The second kappa shape index (κ2) is 6.45. The Kier molecular flexibility index (Phi) is 4.22. The zero-order chi connectivity index (χ0) is 19.3. The minimum absolute atomic E-state index is 0.342. The van der Waals surface area contributed by atoms with Gasteiger partial charge >= 0.3 is 0 Å². The number of hydrogen-bond acceptors (Lipinski definition) is 4. The van der Waals surface area contributed by atoms with Gasteiger partial charge in [-0.2, -0.15) is 5.10 Å². The zero-order valence-corrected chi connectivity index (χ0v) is 16.3. The van der Waals surface area contributed by atoms with E-state index in [0.29, 0.717) is 16.6 Å². The smallest absolute Gasteiger partial charge is 0.145 e. The molecular weight excluding hydrogens is 365 g/mol. The van der Waals surface area contributed by atoms with Crippen molar-refractivity contribution in [3.8, 4) is 11.1 Å². The third-order valence-corrected chi connectivity index (χ3v) is 6.25. The van der Waals surface area contributed by atoms with E-state index in [9.17, 15) is 4.21 Å². The van der Waals surface area contributed by atoms with Crippen molar-refractivity contribution in [3.05, 3.63) is 47.7 Å². The number of aromatic amines is 1. The Morgan fingerprint density at radius 2 is 2.11 bits per heavy atom. The van der Waals surface area contributed by atoms with Gasteiger partial charge in [0.05, 0.1) is 23.2 Å². The molecule has 0 aliphatic heterocycles. The fourth-order valence-corrected chi connectivity index (χ4v) is 4.04. The van der Waals surface area contributed by atoms with Gasteiger partial charge in [-0.3, -0.25) is 9.31 Å². The summed E-state index contributed by atoms with van der Waals surface area (Å²) < 4.78 is 29.2. The predicted molar refractivity (Wildman–Crippen MR) is 107 cm³/mol. The molecule has 4 aromatic rings. The van der Waals surface area contributed by atoms with E-state index in [1.54, 1.807) is 26.3 Å². The molecule has 6 nitrogen and oxygen atoms in total. The number of halogens is 1. The normalized spacial score (nSPS) is 14.0. The van der Waals surface area contributed by atoms with E-state index in [1.807, 2.05) is 36.0 Å². The summed E-state index contributed by atoms with van der Waals surface area (Å²) in [7, 11) is 0.619. The fourth-order valence-electron chi connectivity index (χ4n) is 3.48. The van der Waals surface area contributed by atoms with Crippen molar-refractivity contribution in [2.45, 2.75) is 19.1 Å². The maximum absolute atomic E-state index is 15.3. The highest BCUT2D eigenvalue weighted by Gasteiger charge is 2.25. The van der Waals surface area contributed by atoms with Crippen LogP contribution in [-0.2, 0) is 10.8 Å². The fraction of sp³-hybridized carbons (Fsp3) is 0.263. The van der Waals surface area contributed by atoms with Gasteiger partial charge in [0.2, 0.25) is 0 Å². The molecule has 2 atom stereocenters. The molecule has 0 radical (unpaired) electrons.